The van der Waals surface area contributed by atoms with E-state index < -0.39 is 0 Å². The fraction of sp³-hybridized carbons (Fsp3) is 0.273. The molecule has 0 unspecified atom stereocenters. The summed E-state index contributed by atoms with van der Waals surface area (Å²) in [6, 6.07) is 12.6. The smallest absolute Gasteiger partial charge is 0.202 e. The molecule has 1 fully saturated rings. The Morgan fingerprint density at radius 3 is 2.85 bits per heavy atom. The van der Waals surface area contributed by atoms with E-state index in [1.54, 1.807) is 0 Å². The highest BCUT2D eigenvalue weighted by molar-refractivity contribution is 5.90. The number of H-pyrrole nitrogens is 1. The second-order valence-corrected chi connectivity index (χ2v) is 7.13. The van der Waals surface area contributed by atoms with E-state index in [-0.39, 0.29) is 0 Å². The van der Waals surface area contributed by atoms with Crippen LogP contribution in [0.3, 0.4) is 0 Å². The number of hydrogen-bond acceptors (Lipinski definition) is 4. The van der Waals surface area contributed by atoms with E-state index in [1.165, 1.54) is 16.5 Å². The van der Waals surface area contributed by atoms with Crippen molar-refractivity contribution in [3.8, 4) is 0 Å². The van der Waals surface area contributed by atoms with Gasteiger partial charge in [-0.05, 0) is 42.7 Å². The topological polar surface area (TPSA) is 47.5 Å². The van der Waals surface area contributed by atoms with Crippen LogP contribution in [0.5, 0.6) is 0 Å². The molecular weight excluding hydrogens is 334 g/mol. The largest absolute Gasteiger partial charge is 0.361 e. The summed E-state index contributed by atoms with van der Waals surface area (Å²) in [5.41, 5.74) is 4.84. The third kappa shape index (κ3) is 3.10. The van der Waals surface area contributed by atoms with Gasteiger partial charge in [0.2, 0.25) is 5.96 Å². The Morgan fingerprint density at radius 1 is 1.04 bits per heavy atom. The van der Waals surface area contributed by atoms with Crippen LogP contribution in [0.25, 0.3) is 16.6 Å². The summed E-state index contributed by atoms with van der Waals surface area (Å²) in [6.45, 7) is 4.10. The van der Waals surface area contributed by atoms with Gasteiger partial charge in [-0.2, -0.15) is 0 Å². The second-order valence-electron chi connectivity index (χ2n) is 7.13. The molecule has 0 saturated carbocycles. The van der Waals surface area contributed by atoms with Gasteiger partial charge in [-0.15, -0.1) is 0 Å². The van der Waals surface area contributed by atoms with Crippen LogP contribution >= 0.6 is 0 Å². The number of nitrogens with zero attached hydrogens (tertiary/aromatic N) is 4. The number of hydrogen-bond donors (Lipinski definition) is 1. The molecule has 0 radical (unpaired) electrons. The third-order valence-corrected chi connectivity index (χ3v) is 5.46. The van der Waals surface area contributed by atoms with Crippen molar-refractivity contribution < 1.29 is 0 Å². The van der Waals surface area contributed by atoms with Gasteiger partial charge in [0.1, 0.15) is 0 Å². The lowest BCUT2D eigenvalue weighted by atomic mass is 10.1. The Bertz CT molecular complexity index is 1000. The molecule has 0 atom stereocenters. The minimum Gasteiger partial charge on any atom is -0.361 e. The summed E-state index contributed by atoms with van der Waals surface area (Å²) in [6.07, 6.45) is 10.2. The van der Waals surface area contributed by atoms with Crippen molar-refractivity contribution in [1.82, 2.24) is 19.8 Å². The van der Waals surface area contributed by atoms with Gasteiger partial charge in [-0.1, -0.05) is 18.2 Å². The van der Waals surface area contributed by atoms with E-state index in [9.17, 15) is 0 Å². The molecular formula is C22H23N5. The summed E-state index contributed by atoms with van der Waals surface area (Å²) in [5, 5.41) is 1.35. The molecule has 0 spiro atoms. The van der Waals surface area contributed by atoms with E-state index in [1.807, 2.05) is 24.5 Å². The number of aryl methyl sites for hydroxylation is 1. The first kappa shape index (κ1) is 16.1. The van der Waals surface area contributed by atoms with Gasteiger partial charge in [0, 0.05) is 61.2 Å². The number of aromatic nitrogens is 2. The van der Waals surface area contributed by atoms with Crippen LogP contribution in [-0.4, -0.2) is 51.9 Å². The van der Waals surface area contributed by atoms with Crippen molar-refractivity contribution in [2.24, 2.45) is 4.99 Å². The Morgan fingerprint density at radius 2 is 1.93 bits per heavy atom. The van der Waals surface area contributed by atoms with E-state index in [0.29, 0.717) is 0 Å². The van der Waals surface area contributed by atoms with Gasteiger partial charge in [0.05, 0.1) is 5.70 Å². The van der Waals surface area contributed by atoms with Crippen LogP contribution in [0.4, 0.5) is 0 Å². The molecule has 1 aromatic carbocycles. The number of benzene rings is 1. The number of rotatable bonds is 5. The van der Waals surface area contributed by atoms with Crippen molar-refractivity contribution in [2.75, 3.05) is 26.2 Å². The maximum absolute atomic E-state index is 4.96. The number of para-hydroxylation sites is 1. The van der Waals surface area contributed by atoms with Crippen LogP contribution in [0.2, 0.25) is 0 Å². The van der Waals surface area contributed by atoms with Crippen molar-refractivity contribution >= 4 is 22.6 Å². The maximum atomic E-state index is 4.96. The quantitative estimate of drug-likeness (QED) is 0.760. The number of pyridine rings is 1. The molecule has 0 amide bonds. The Balaban J connectivity index is 1.27. The molecule has 5 rings (SSSR count). The van der Waals surface area contributed by atoms with Crippen LogP contribution in [0, 0.1) is 0 Å². The average Bonchev–Trinajstić information content (AvgIpc) is 3.33. The molecule has 1 saturated heterocycles. The molecule has 27 heavy (non-hydrogen) atoms. The number of guanidine groups is 1. The van der Waals surface area contributed by atoms with Crippen LogP contribution in [0.1, 0.15) is 17.5 Å². The Hall–Kier alpha value is -3.08. The summed E-state index contributed by atoms with van der Waals surface area (Å²) in [7, 11) is 0. The predicted octanol–water partition coefficient (Wildman–Crippen LogP) is 3.52. The summed E-state index contributed by atoms with van der Waals surface area (Å²) in [4.78, 5) is 17.2. The normalized spacial score (nSPS) is 16.4. The van der Waals surface area contributed by atoms with E-state index in [0.717, 1.165) is 56.2 Å². The SMILES string of the molecule is C1=C(c2ccncc2)N=C2N(C1)CCN2CCCc1c[nH]c2ccccc12. The van der Waals surface area contributed by atoms with Crippen molar-refractivity contribution in [3.05, 3.63) is 72.2 Å². The molecule has 3 aromatic rings. The summed E-state index contributed by atoms with van der Waals surface area (Å²) in [5.74, 6) is 1.13. The minimum atomic E-state index is 0.940. The monoisotopic (exact) mass is 357 g/mol. The fourth-order valence-electron chi connectivity index (χ4n) is 4.02. The second kappa shape index (κ2) is 6.91. The summed E-state index contributed by atoms with van der Waals surface area (Å²) >= 11 is 0. The van der Waals surface area contributed by atoms with Crippen molar-refractivity contribution in [1.29, 1.82) is 0 Å². The zero-order valence-electron chi connectivity index (χ0n) is 15.3. The van der Waals surface area contributed by atoms with Gasteiger partial charge >= 0.3 is 0 Å². The predicted molar refractivity (Wildman–Crippen MR) is 109 cm³/mol. The molecule has 1 N–H and O–H groups in total. The van der Waals surface area contributed by atoms with Crippen molar-refractivity contribution in [3.63, 3.8) is 0 Å². The van der Waals surface area contributed by atoms with E-state index >= 15 is 0 Å². The lowest BCUT2D eigenvalue weighted by molar-refractivity contribution is 0.450. The Kier molecular flexibility index (Phi) is 4.13. The van der Waals surface area contributed by atoms with Gasteiger partial charge in [-0.3, -0.25) is 4.98 Å². The molecule has 0 aliphatic carbocycles. The highest BCUT2D eigenvalue weighted by Gasteiger charge is 2.28. The van der Waals surface area contributed by atoms with Gasteiger partial charge in [0.15, 0.2) is 0 Å². The average molecular weight is 357 g/mol. The fourth-order valence-corrected chi connectivity index (χ4v) is 4.02. The molecule has 4 heterocycles. The standard InChI is InChI=1S/C22H23N5/c1-2-6-21-19(5-1)18(16-24-21)4-3-12-26-14-15-27-13-9-20(25-22(26)27)17-7-10-23-11-8-17/h1-2,5-11,16,24H,3-4,12-15H2. The number of aromatic amines is 1. The van der Waals surface area contributed by atoms with Gasteiger partial charge in [0.25, 0.3) is 0 Å². The Labute approximate surface area is 159 Å². The molecule has 136 valence electrons. The van der Waals surface area contributed by atoms with Gasteiger partial charge < -0.3 is 14.8 Å². The zero-order valence-corrected chi connectivity index (χ0v) is 15.3. The molecule has 0 bridgehead atoms. The maximum Gasteiger partial charge on any atom is 0.202 e. The molecule has 2 aliphatic heterocycles. The van der Waals surface area contributed by atoms with E-state index in [4.69, 9.17) is 4.99 Å². The number of fused-ring (bicyclic) bond motifs is 2. The van der Waals surface area contributed by atoms with Crippen LogP contribution in [0.15, 0.2) is 66.1 Å². The highest BCUT2D eigenvalue weighted by Crippen LogP contribution is 2.24. The first-order valence-corrected chi connectivity index (χ1v) is 9.62. The first-order chi connectivity index (χ1) is 13.4. The van der Waals surface area contributed by atoms with Crippen molar-refractivity contribution in [2.45, 2.75) is 12.8 Å². The third-order valence-electron chi connectivity index (χ3n) is 5.46. The van der Waals surface area contributed by atoms with Crippen LogP contribution in [-0.2, 0) is 6.42 Å². The lowest BCUT2D eigenvalue weighted by Crippen LogP contribution is -2.36. The number of nitrogens with one attached hydrogen (secondary N) is 1. The molecule has 2 aromatic heterocycles. The number of aliphatic imine (C=N–C) groups is 1. The van der Waals surface area contributed by atoms with Gasteiger partial charge in [-0.25, -0.2) is 4.99 Å². The lowest BCUT2D eigenvalue weighted by Gasteiger charge is -2.26. The summed E-state index contributed by atoms with van der Waals surface area (Å²) < 4.78 is 0. The van der Waals surface area contributed by atoms with Crippen LogP contribution < -0.4 is 0 Å². The first-order valence-electron chi connectivity index (χ1n) is 9.62. The van der Waals surface area contributed by atoms with E-state index in [2.05, 4.69) is 56.3 Å². The zero-order chi connectivity index (χ0) is 18.1. The molecule has 2 aliphatic rings. The molecule has 5 nitrogen and oxygen atoms in total. The molecule has 5 heteroatoms. The highest BCUT2D eigenvalue weighted by atomic mass is 15.4. The minimum absolute atomic E-state index is 0.940.